The van der Waals surface area contributed by atoms with Crippen molar-refractivity contribution in [2.45, 2.75) is 6.18 Å². The number of carbonyl (C=O) groups is 1. The van der Waals surface area contributed by atoms with E-state index in [1.54, 1.807) is 0 Å². The van der Waals surface area contributed by atoms with Gasteiger partial charge in [-0.25, -0.2) is 14.2 Å². The Morgan fingerprint density at radius 2 is 1.82 bits per heavy atom. The van der Waals surface area contributed by atoms with Gasteiger partial charge in [0.25, 0.3) is 0 Å². The van der Waals surface area contributed by atoms with Crippen LogP contribution in [0.2, 0.25) is 5.02 Å². The third kappa shape index (κ3) is 3.19. The molecule has 0 fully saturated rings. The number of nitrogens with zero attached hydrogens (tertiary/aromatic N) is 1. The van der Waals surface area contributed by atoms with Crippen LogP contribution in [0.4, 0.5) is 17.6 Å². The summed E-state index contributed by atoms with van der Waals surface area (Å²) in [7, 11) is 1.10. The standard InChI is InChI=1S/C14H8ClF4NO2/c1-22-13(21)12-9(15)6-10(16)11(20-12)7-2-4-8(5-3-7)14(17,18)19/h2-6H,1H3. The van der Waals surface area contributed by atoms with Gasteiger partial charge in [-0.3, -0.25) is 0 Å². The molecule has 0 unspecified atom stereocenters. The zero-order valence-electron chi connectivity index (χ0n) is 11.0. The molecule has 1 aromatic carbocycles. The molecule has 0 saturated carbocycles. The van der Waals surface area contributed by atoms with E-state index in [9.17, 15) is 22.4 Å². The molecule has 0 spiro atoms. The molecule has 0 bridgehead atoms. The number of hydrogen-bond donors (Lipinski definition) is 0. The third-order valence-corrected chi connectivity index (χ3v) is 3.08. The minimum Gasteiger partial charge on any atom is -0.464 e. The summed E-state index contributed by atoms with van der Waals surface area (Å²) in [6.45, 7) is 0. The van der Waals surface area contributed by atoms with Gasteiger partial charge in [0.05, 0.1) is 17.7 Å². The molecule has 116 valence electrons. The molecular formula is C14H8ClF4NO2. The highest BCUT2D eigenvalue weighted by Gasteiger charge is 2.30. The van der Waals surface area contributed by atoms with Gasteiger partial charge >= 0.3 is 12.1 Å². The Balaban J connectivity index is 2.50. The van der Waals surface area contributed by atoms with Gasteiger partial charge in [0.15, 0.2) is 11.5 Å². The molecule has 0 amide bonds. The number of alkyl halides is 3. The summed E-state index contributed by atoms with van der Waals surface area (Å²) in [4.78, 5) is 15.2. The molecular weight excluding hydrogens is 326 g/mol. The topological polar surface area (TPSA) is 39.2 Å². The Bertz CT molecular complexity index is 714. The molecule has 1 heterocycles. The molecule has 2 rings (SSSR count). The Kier molecular flexibility index (Phi) is 4.37. The molecule has 8 heteroatoms. The van der Waals surface area contributed by atoms with Gasteiger partial charge in [-0.1, -0.05) is 23.7 Å². The van der Waals surface area contributed by atoms with E-state index in [0.717, 1.165) is 37.4 Å². The molecule has 0 aliphatic heterocycles. The lowest BCUT2D eigenvalue weighted by Crippen LogP contribution is -2.08. The lowest BCUT2D eigenvalue weighted by molar-refractivity contribution is -0.137. The fraction of sp³-hybridized carbons (Fsp3) is 0.143. The molecule has 0 atom stereocenters. The van der Waals surface area contributed by atoms with E-state index in [1.165, 1.54) is 0 Å². The zero-order chi connectivity index (χ0) is 16.5. The van der Waals surface area contributed by atoms with E-state index < -0.39 is 23.5 Å². The van der Waals surface area contributed by atoms with Crippen molar-refractivity contribution in [1.29, 1.82) is 0 Å². The van der Waals surface area contributed by atoms with Crippen LogP contribution in [0.3, 0.4) is 0 Å². The third-order valence-electron chi connectivity index (χ3n) is 2.79. The van der Waals surface area contributed by atoms with Crippen molar-refractivity contribution < 1.29 is 27.1 Å². The SMILES string of the molecule is COC(=O)c1nc(-c2ccc(C(F)(F)F)cc2)c(F)cc1Cl. The Morgan fingerprint density at radius 3 is 2.32 bits per heavy atom. The molecule has 2 aromatic rings. The number of benzene rings is 1. The second kappa shape index (κ2) is 5.92. The van der Waals surface area contributed by atoms with Crippen molar-refractivity contribution in [3.05, 3.63) is 52.4 Å². The molecule has 22 heavy (non-hydrogen) atoms. The number of carbonyl (C=O) groups excluding carboxylic acids is 1. The summed E-state index contributed by atoms with van der Waals surface area (Å²) >= 11 is 5.70. The van der Waals surface area contributed by atoms with E-state index in [1.807, 2.05) is 0 Å². The van der Waals surface area contributed by atoms with Crippen molar-refractivity contribution in [2.24, 2.45) is 0 Å². The highest BCUT2D eigenvalue weighted by molar-refractivity contribution is 6.33. The average Bonchev–Trinajstić information content (AvgIpc) is 2.46. The summed E-state index contributed by atoms with van der Waals surface area (Å²) in [5.41, 5.74) is -1.41. The first kappa shape index (κ1) is 16.2. The van der Waals surface area contributed by atoms with Crippen LogP contribution < -0.4 is 0 Å². The lowest BCUT2D eigenvalue weighted by atomic mass is 10.1. The van der Waals surface area contributed by atoms with Crippen LogP contribution in [0.1, 0.15) is 16.1 Å². The number of pyridine rings is 1. The maximum atomic E-state index is 13.9. The fourth-order valence-corrected chi connectivity index (χ4v) is 1.94. The molecule has 0 N–H and O–H groups in total. The average molecular weight is 334 g/mol. The molecule has 0 radical (unpaired) electrons. The minimum atomic E-state index is -4.50. The highest BCUT2D eigenvalue weighted by Crippen LogP contribution is 2.32. The minimum absolute atomic E-state index is 0.0762. The number of esters is 1. The first-order valence-electron chi connectivity index (χ1n) is 5.86. The summed E-state index contributed by atoms with van der Waals surface area (Å²) < 4.78 is 55.9. The Morgan fingerprint density at radius 1 is 1.23 bits per heavy atom. The van der Waals surface area contributed by atoms with Crippen molar-refractivity contribution in [1.82, 2.24) is 4.98 Å². The first-order valence-corrected chi connectivity index (χ1v) is 6.24. The van der Waals surface area contributed by atoms with Gasteiger partial charge in [-0.2, -0.15) is 13.2 Å². The number of halogens is 5. The Labute approximate surface area is 127 Å². The van der Waals surface area contributed by atoms with Gasteiger partial charge in [-0.15, -0.1) is 0 Å². The number of hydrogen-bond acceptors (Lipinski definition) is 3. The highest BCUT2D eigenvalue weighted by atomic mass is 35.5. The molecule has 3 nitrogen and oxygen atoms in total. The van der Waals surface area contributed by atoms with Gasteiger partial charge in [-0.05, 0) is 18.2 Å². The Hall–Kier alpha value is -2.15. The first-order chi connectivity index (χ1) is 10.2. The number of aromatic nitrogens is 1. The number of ether oxygens (including phenoxy) is 1. The quantitative estimate of drug-likeness (QED) is 0.606. The molecule has 0 aliphatic rings. The van der Waals surface area contributed by atoms with E-state index in [2.05, 4.69) is 9.72 Å². The van der Waals surface area contributed by atoms with Gasteiger partial charge in [0.2, 0.25) is 0 Å². The predicted octanol–water partition coefficient (Wildman–Crippen LogP) is 4.35. The monoisotopic (exact) mass is 333 g/mol. The predicted molar refractivity (Wildman–Crippen MR) is 71.0 cm³/mol. The van der Waals surface area contributed by atoms with E-state index in [0.29, 0.717) is 0 Å². The summed E-state index contributed by atoms with van der Waals surface area (Å²) in [5, 5.41) is -0.250. The summed E-state index contributed by atoms with van der Waals surface area (Å²) in [5.74, 6) is -1.74. The summed E-state index contributed by atoms with van der Waals surface area (Å²) in [6, 6.07) is 4.56. The number of methoxy groups -OCH3 is 1. The van der Waals surface area contributed by atoms with Crippen molar-refractivity contribution in [3.63, 3.8) is 0 Å². The van der Waals surface area contributed by atoms with E-state index in [4.69, 9.17) is 11.6 Å². The fourth-order valence-electron chi connectivity index (χ4n) is 1.73. The van der Waals surface area contributed by atoms with Gasteiger partial charge in [0, 0.05) is 5.56 Å². The van der Waals surface area contributed by atoms with Crippen LogP contribution in [-0.2, 0) is 10.9 Å². The van der Waals surface area contributed by atoms with Crippen LogP contribution >= 0.6 is 11.6 Å². The smallest absolute Gasteiger partial charge is 0.416 e. The maximum Gasteiger partial charge on any atom is 0.416 e. The van der Waals surface area contributed by atoms with Crippen LogP contribution in [0.25, 0.3) is 11.3 Å². The molecule has 0 saturated heterocycles. The maximum absolute atomic E-state index is 13.9. The van der Waals surface area contributed by atoms with Crippen LogP contribution in [0, 0.1) is 5.82 Å². The van der Waals surface area contributed by atoms with E-state index in [-0.39, 0.29) is 22.0 Å². The van der Waals surface area contributed by atoms with Crippen LogP contribution in [-0.4, -0.2) is 18.1 Å². The van der Waals surface area contributed by atoms with Crippen molar-refractivity contribution in [2.75, 3.05) is 7.11 Å². The normalized spacial score (nSPS) is 11.4. The van der Waals surface area contributed by atoms with E-state index >= 15 is 0 Å². The van der Waals surface area contributed by atoms with Gasteiger partial charge < -0.3 is 4.74 Å². The summed E-state index contributed by atoms with van der Waals surface area (Å²) in [6.07, 6.45) is -4.50. The second-order valence-electron chi connectivity index (χ2n) is 4.22. The van der Waals surface area contributed by atoms with Gasteiger partial charge in [0.1, 0.15) is 5.69 Å². The molecule has 1 aromatic heterocycles. The van der Waals surface area contributed by atoms with Crippen molar-refractivity contribution in [3.8, 4) is 11.3 Å². The number of rotatable bonds is 2. The zero-order valence-corrected chi connectivity index (χ0v) is 11.8. The van der Waals surface area contributed by atoms with Crippen LogP contribution in [0.5, 0.6) is 0 Å². The largest absolute Gasteiger partial charge is 0.464 e. The van der Waals surface area contributed by atoms with Crippen LogP contribution in [0.15, 0.2) is 30.3 Å². The van der Waals surface area contributed by atoms with Crippen molar-refractivity contribution >= 4 is 17.6 Å². The molecule has 0 aliphatic carbocycles. The second-order valence-corrected chi connectivity index (χ2v) is 4.62. The lowest BCUT2D eigenvalue weighted by Gasteiger charge is -2.09.